The summed E-state index contributed by atoms with van der Waals surface area (Å²) in [6.07, 6.45) is 1.30. The van der Waals surface area contributed by atoms with E-state index in [1.807, 2.05) is 30.3 Å². The topological polar surface area (TPSA) is 55.1 Å². The largest absolute Gasteiger partial charge is 0.352 e. The van der Waals surface area contributed by atoms with Crippen molar-refractivity contribution in [2.75, 3.05) is 6.54 Å². The average molecular weight is 234 g/mol. The molecular weight excluding hydrogens is 212 g/mol. The van der Waals surface area contributed by atoms with E-state index >= 15 is 0 Å². The van der Waals surface area contributed by atoms with Crippen molar-refractivity contribution >= 4 is 5.91 Å². The number of carbonyl (C=O) groups excluding carboxylic acids is 1. The molecule has 3 heteroatoms. The Hall–Kier alpha value is -1.35. The number of hydrogen-bond donors (Lipinski definition) is 2. The third-order valence-corrected chi connectivity index (χ3v) is 2.89. The summed E-state index contributed by atoms with van der Waals surface area (Å²) in [5, 5.41) is 2.97. The fourth-order valence-electron chi connectivity index (χ4n) is 1.68. The molecule has 0 saturated heterocycles. The molecule has 1 atom stereocenters. The molecule has 1 aromatic carbocycles. The minimum absolute atomic E-state index is 0.0815. The lowest BCUT2D eigenvalue weighted by Gasteiger charge is -2.20. The van der Waals surface area contributed by atoms with Crippen molar-refractivity contribution in [2.24, 2.45) is 11.7 Å². The van der Waals surface area contributed by atoms with Crippen LogP contribution in [0.3, 0.4) is 0 Å². The van der Waals surface area contributed by atoms with Crippen LogP contribution in [0, 0.1) is 5.92 Å². The summed E-state index contributed by atoms with van der Waals surface area (Å²) in [7, 11) is 0. The van der Waals surface area contributed by atoms with Gasteiger partial charge in [-0.2, -0.15) is 0 Å². The summed E-state index contributed by atoms with van der Waals surface area (Å²) >= 11 is 0. The van der Waals surface area contributed by atoms with Gasteiger partial charge in [-0.1, -0.05) is 44.2 Å². The molecule has 1 amide bonds. The first-order valence-corrected chi connectivity index (χ1v) is 6.17. The van der Waals surface area contributed by atoms with Crippen molar-refractivity contribution in [1.29, 1.82) is 0 Å². The van der Waals surface area contributed by atoms with E-state index in [9.17, 15) is 4.79 Å². The van der Waals surface area contributed by atoms with Gasteiger partial charge in [0.2, 0.25) is 5.91 Å². The van der Waals surface area contributed by atoms with E-state index in [1.54, 1.807) is 0 Å². The molecule has 17 heavy (non-hydrogen) atoms. The van der Waals surface area contributed by atoms with E-state index in [1.165, 1.54) is 5.56 Å². The van der Waals surface area contributed by atoms with Gasteiger partial charge in [0.25, 0.3) is 0 Å². The maximum absolute atomic E-state index is 11.7. The smallest absolute Gasteiger partial charge is 0.220 e. The maximum Gasteiger partial charge on any atom is 0.220 e. The van der Waals surface area contributed by atoms with E-state index in [-0.39, 0.29) is 11.9 Å². The van der Waals surface area contributed by atoms with Crippen LogP contribution in [-0.4, -0.2) is 18.5 Å². The molecule has 0 heterocycles. The summed E-state index contributed by atoms with van der Waals surface area (Å²) in [5.41, 5.74) is 6.81. The molecule has 1 unspecified atom stereocenters. The molecule has 0 bridgehead atoms. The molecule has 3 N–H and O–H groups in total. The lowest BCUT2D eigenvalue weighted by Crippen LogP contribution is -2.43. The van der Waals surface area contributed by atoms with Gasteiger partial charge in [-0.05, 0) is 17.9 Å². The summed E-state index contributed by atoms with van der Waals surface area (Å²) in [5.74, 6) is 0.457. The van der Waals surface area contributed by atoms with Gasteiger partial charge in [0.15, 0.2) is 0 Å². The van der Waals surface area contributed by atoms with Crippen LogP contribution in [0.2, 0.25) is 0 Å². The first-order valence-electron chi connectivity index (χ1n) is 6.17. The Bertz CT molecular complexity index is 335. The molecule has 0 aliphatic rings. The normalized spacial score (nSPS) is 12.5. The Morgan fingerprint density at radius 2 is 1.94 bits per heavy atom. The highest BCUT2D eigenvalue weighted by molar-refractivity contribution is 5.76. The van der Waals surface area contributed by atoms with Crippen LogP contribution in [0.5, 0.6) is 0 Å². The molecule has 1 rings (SSSR count). The predicted octanol–water partition coefficient (Wildman–Crippen LogP) is 1.72. The van der Waals surface area contributed by atoms with Gasteiger partial charge in [0.1, 0.15) is 0 Å². The fraction of sp³-hybridized carbons (Fsp3) is 0.500. The molecule has 0 aromatic heterocycles. The van der Waals surface area contributed by atoms with Crippen LogP contribution >= 0.6 is 0 Å². The minimum Gasteiger partial charge on any atom is -0.352 e. The zero-order valence-electron chi connectivity index (χ0n) is 10.6. The second kappa shape index (κ2) is 7.07. The molecule has 0 radical (unpaired) electrons. The standard InChI is InChI=1S/C14H22N2O/c1-11(2)13(10-15)16-14(17)9-8-12-6-4-3-5-7-12/h3-7,11,13H,8-10,15H2,1-2H3,(H,16,17). The van der Waals surface area contributed by atoms with Crippen molar-refractivity contribution in [3.05, 3.63) is 35.9 Å². The Balaban J connectivity index is 2.35. The highest BCUT2D eigenvalue weighted by Crippen LogP contribution is 2.04. The molecular formula is C14H22N2O. The highest BCUT2D eigenvalue weighted by atomic mass is 16.1. The Morgan fingerprint density at radius 3 is 2.47 bits per heavy atom. The van der Waals surface area contributed by atoms with Crippen molar-refractivity contribution in [3.8, 4) is 0 Å². The van der Waals surface area contributed by atoms with E-state index < -0.39 is 0 Å². The van der Waals surface area contributed by atoms with Gasteiger partial charge in [0, 0.05) is 19.0 Å². The Labute approximate surface area is 103 Å². The first-order chi connectivity index (χ1) is 8.13. The monoisotopic (exact) mass is 234 g/mol. The summed E-state index contributed by atoms with van der Waals surface area (Å²) in [6.45, 7) is 4.62. The van der Waals surface area contributed by atoms with Crippen molar-refractivity contribution in [1.82, 2.24) is 5.32 Å². The van der Waals surface area contributed by atoms with Gasteiger partial charge < -0.3 is 11.1 Å². The number of rotatable bonds is 6. The Morgan fingerprint density at radius 1 is 1.29 bits per heavy atom. The van der Waals surface area contributed by atoms with E-state index in [4.69, 9.17) is 5.73 Å². The third-order valence-electron chi connectivity index (χ3n) is 2.89. The number of nitrogens with one attached hydrogen (secondary N) is 1. The fourth-order valence-corrected chi connectivity index (χ4v) is 1.68. The quantitative estimate of drug-likeness (QED) is 0.787. The molecule has 0 fully saturated rings. The zero-order valence-corrected chi connectivity index (χ0v) is 10.6. The molecule has 1 aromatic rings. The first kappa shape index (κ1) is 13.7. The molecule has 0 aliphatic carbocycles. The van der Waals surface area contributed by atoms with E-state index in [0.29, 0.717) is 18.9 Å². The van der Waals surface area contributed by atoms with Gasteiger partial charge in [-0.3, -0.25) is 4.79 Å². The van der Waals surface area contributed by atoms with E-state index in [0.717, 1.165) is 6.42 Å². The van der Waals surface area contributed by atoms with Crippen molar-refractivity contribution in [2.45, 2.75) is 32.7 Å². The average Bonchev–Trinajstić information content (AvgIpc) is 2.34. The molecule has 94 valence electrons. The number of nitrogens with two attached hydrogens (primary N) is 1. The number of amides is 1. The SMILES string of the molecule is CC(C)C(CN)NC(=O)CCc1ccccc1. The molecule has 0 spiro atoms. The van der Waals surface area contributed by atoms with Crippen LogP contribution in [-0.2, 0) is 11.2 Å². The predicted molar refractivity (Wildman–Crippen MR) is 70.6 cm³/mol. The van der Waals surface area contributed by atoms with Crippen LogP contribution in [0.1, 0.15) is 25.8 Å². The second-order valence-corrected chi connectivity index (χ2v) is 4.64. The summed E-state index contributed by atoms with van der Waals surface area (Å²) in [6, 6.07) is 10.1. The maximum atomic E-state index is 11.7. The van der Waals surface area contributed by atoms with Crippen LogP contribution in [0.25, 0.3) is 0 Å². The third kappa shape index (κ3) is 5.00. The Kier molecular flexibility index (Phi) is 5.70. The van der Waals surface area contributed by atoms with Gasteiger partial charge >= 0.3 is 0 Å². The molecule has 3 nitrogen and oxygen atoms in total. The van der Waals surface area contributed by atoms with Crippen LogP contribution < -0.4 is 11.1 Å². The van der Waals surface area contributed by atoms with Gasteiger partial charge in [0.05, 0.1) is 0 Å². The second-order valence-electron chi connectivity index (χ2n) is 4.64. The lowest BCUT2D eigenvalue weighted by molar-refractivity contribution is -0.122. The van der Waals surface area contributed by atoms with Crippen LogP contribution in [0.15, 0.2) is 30.3 Å². The number of aryl methyl sites for hydroxylation is 1. The van der Waals surface area contributed by atoms with Crippen molar-refractivity contribution in [3.63, 3.8) is 0 Å². The van der Waals surface area contributed by atoms with Crippen molar-refractivity contribution < 1.29 is 4.79 Å². The highest BCUT2D eigenvalue weighted by Gasteiger charge is 2.13. The zero-order chi connectivity index (χ0) is 12.7. The number of benzene rings is 1. The van der Waals surface area contributed by atoms with Gasteiger partial charge in [-0.15, -0.1) is 0 Å². The van der Waals surface area contributed by atoms with E-state index in [2.05, 4.69) is 19.2 Å². The number of carbonyl (C=O) groups is 1. The summed E-state index contributed by atoms with van der Waals surface area (Å²) < 4.78 is 0. The summed E-state index contributed by atoms with van der Waals surface area (Å²) in [4.78, 5) is 11.7. The number of hydrogen-bond acceptors (Lipinski definition) is 2. The molecule has 0 saturated carbocycles. The minimum atomic E-state index is 0.0815. The van der Waals surface area contributed by atoms with Gasteiger partial charge in [-0.25, -0.2) is 0 Å². The molecule has 0 aliphatic heterocycles. The lowest BCUT2D eigenvalue weighted by atomic mass is 10.0. The van der Waals surface area contributed by atoms with Crippen LogP contribution in [0.4, 0.5) is 0 Å².